The number of carbonyl (C=O) groups excluding carboxylic acids is 1. The van der Waals surface area contributed by atoms with Gasteiger partial charge in [0, 0.05) is 6.42 Å². The first-order chi connectivity index (χ1) is 6.20. The van der Waals surface area contributed by atoms with E-state index in [2.05, 4.69) is 0 Å². The number of aryl methyl sites for hydroxylation is 1. The van der Waals surface area contributed by atoms with Crippen molar-refractivity contribution in [3.8, 4) is 0 Å². The number of hydrogen-bond donors (Lipinski definition) is 1. The van der Waals surface area contributed by atoms with Gasteiger partial charge in [0.2, 0.25) is 5.78 Å². The van der Waals surface area contributed by atoms with Gasteiger partial charge in [0.25, 0.3) is 0 Å². The van der Waals surface area contributed by atoms with Crippen molar-refractivity contribution in [2.75, 3.05) is 0 Å². The summed E-state index contributed by atoms with van der Waals surface area (Å²) in [6.45, 7) is 0. The smallest absolute Gasteiger partial charge is 0.372 e. The van der Waals surface area contributed by atoms with Crippen molar-refractivity contribution in [2.24, 2.45) is 0 Å². The Morgan fingerprint density at radius 1 is 1.15 bits per heavy atom. The van der Waals surface area contributed by atoms with E-state index in [-0.39, 0.29) is 6.42 Å². The number of hydrogen-bond acceptors (Lipinski definition) is 2. The lowest BCUT2D eigenvalue weighted by atomic mass is 10.2. The van der Waals surface area contributed by atoms with Gasteiger partial charge in [0.1, 0.15) is 0 Å². The highest BCUT2D eigenvalue weighted by Crippen LogP contribution is 2.02. The monoisotopic (exact) mass is 179 g/mol. The fourth-order valence-corrected chi connectivity index (χ4v) is 1.01. The third-order valence-electron chi connectivity index (χ3n) is 1.72. The van der Waals surface area contributed by atoms with Crippen LogP contribution in [0.1, 0.15) is 12.0 Å². The summed E-state index contributed by atoms with van der Waals surface area (Å²) in [5.41, 5.74) is 0.983. The van der Waals surface area contributed by atoms with Crippen molar-refractivity contribution >= 4 is 11.8 Å². The molecule has 13 heavy (non-hydrogen) atoms. The molecule has 0 atom stereocenters. The highest BCUT2D eigenvalue weighted by Gasteiger charge is 2.10. The van der Waals surface area contributed by atoms with Crippen LogP contribution >= 0.6 is 0 Å². The number of carboxylic acid groups (broad SMARTS) is 1. The third-order valence-corrected chi connectivity index (χ3v) is 1.72. The Morgan fingerprint density at radius 2 is 1.77 bits per heavy atom. The van der Waals surface area contributed by atoms with E-state index in [1.54, 1.807) is 0 Å². The van der Waals surface area contributed by atoms with Crippen LogP contribution in [0.3, 0.4) is 0 Å². The van der Waals surface area contributed by atoms with Crippen LogP contribution in [-0.4, -0.2) is 16.9 Å². The SMILES string of the molecule is O=C(O)C(=O)C[13CH2]c1ccccc1. The van der Waals surface area contributed by atoms with Crippen LogP contribution in [0.15, 0.2) is 30.3 Å². The average Bonchev–Trinajstić information content (AvgIpc) is 2.15. The molecule has 0 aromatic heterocycles. The van der Waals surface area contributed by atoms with Crippen molar-refractivity contribution in [1.82, 2.24) is 0 Å². The summed E-state index contributed by atoms with van der Waals surface area (Å²) in [5, 5.41) is 8.31. The summed E-state index contributed by atoms with van der Waals surface area (Å²) in [4.78, 5) is 20.9. The highest BCUT2D eigenvalue weighted by molar-refractivity contribution is 6.32. The second kappa shape index (κ2) is 4.40. The number of carboxylic acids is 1. The minimum Gasteiger partial charge on any atom is -0.476 e. The van der Waals surface area contributed by atoms with Crippen molar-refractivity contribution in [1.29, 1.82) is 0 Å². The van der Waals surface area contributed by atoms with Gasteiger partial charge in [-0.15, -0.1) is 0 Å². The molecule has 0 unspecified atom stereocenters. The van der Waals surface area contributed by atoms with Gasteiger partial charge >= 0.3 is 5.97 Å². The van der Waals surface area contributed by atoms with E-state index in [4.69, 9.17) is 5.11 Å². The molecule has 0 saturated heterocycles. The number of rotatable bonds is 4. The zero-order valence-corrected chi connectivity index (χ0v) is 7.06. The molecule has 1 aromatic carbocycles. The second-order valence-electron chi connectivity index (χ2n) is 2.71. The van der Waals surface area contributed by atoms with Gasteiger partial charge in [-0.05, 0) is 12.0 Å². The predicted octanol–water partition coefficient (Wildman–Crippen LogP) is 1.27. The van der Waals surface area contributed by atoms with E-state index >= 15 is 0 Å². The maximum absolute atomic E-state index is 10.7. The van der Waals surface area contributed by atoms with E-state index < -0.39 is 11.8 Å². The molecule has 3 nitrogen and oxygen atoms in total. The molecule has 68 valence electrons. The molecule has 0 spiro atoms. The first-order valence-corrected chi connectivity index (χ1v) is 4.00. The zero-order chi connectivity index (χ0) is 9.68. The van der Waals surface area contributed by atoms with Crippen LogP contribution in [0.5, 0.6) is 0 Å². The standard InChI is InChI=1S/C10H10O3/c11-9(10(12)13)7-6-8-4-2-1-3-5-8/h1-5H,6-7H2,(H,12,13)/i6+1. The van der Waals surface area contributed by atoms with Crippen LogP contribution in [0.4, 0.5) is 0 Å². The number of ketones is 1. The largest absolute Gasteiger partial charge is 0.476 e. The molecule has 0 fully saturated rings. The molecule has 1 N–H and O–H groups in total. The number of benzene rings is 1. The summed E-state index contributed by atoms with van der Waals surface area (Å²) in [6, 6.07) is 9.34. The molecule has 3 heteroatoms. The van der Waals surface area contributed by atoms with Crippen LogP contribution in [0, 0.1) is 0 Å². The fraction of sp³-hybridized carbons (Fsp3) is 0.200. The van der Waals surface area contributed by atoms with E-state index in [0.29, 0.717) is 6.42 Å². The van der Waals surface area contributed by atoms with Crippen molar-refractivity contribution in [3.63, 3.8) is 0 Å². The third kappa shape index (κ3) is 3.07. The molecule has 0 amide bonds. The molecule has 1 rings (SSSR count). The molecular weight excluding hydrogens is 169 g/mol. The molecule has 1 aromatic rings. The molecular formula is C10H10O3. The Balaban J connectivity index is 2.44. The van der Waals surface area contributed by atoms with Crippen molar-refractivity contribution in [2.45, 2.75) is 12.8 Å². The topological polar surface area (TPSA) is 54.4 Å². The van der Waals surface area contributed by atoms with Crippen LogP contribution in [-0.2, 0) is 16.0 Å². The molecule has 0 heterocycles. The highest BCUT2D eigenvalue weighted by atomic mass is 16.4. The fourth-order valence-electron chi connectivity index (χ4n) is 1.01. The van der Waals surface area contributed by atoms with Gasteiger partial charge in [-0.1, -0.05) is 30.3 Å². The Hall–Kier alpha value is -1.64. The minimum atomic E-state index is -1.35. The molecule has 0 aliphatic rings. The zero-order valence-electron chi connectivity index (χ0n) is 7.06. The van der Waals surface area contributed by atoms with Gasteiger partial charge in [-0.25, -0.2) is 4.79 Å². The van der Waals surface area contributed by atoms with E-state index in [0.717, 1.165) is 5.56 Å². The molecule has 0 bridgehead atoms. The Labute approximate surface area is 76.0 Å². The summed E-state index contributed by atoms with van der Waals surface area (Å²) >= 11 is 0. The summed E-state index contributed by atoms with van der Waals surface area (Å²) in [5.74, 6) is -2.08. The lowest BCUT2D eigenvalue weighted by Gasteiger charge is -1.97. The predicted molar refractivity (Wildman–Crippen MR) is 47.4 cm³/mol. The van der Waals surface area contributed by atoms with Crippen LogP contribution in [0.2, 0.25) is 0 Å². The first kappa shape index (κ1) is 9.45. The molecule has 0 radical (unpaired) electrons. The van der Waals surface area contributed by atoms with Gasteiger partial charge < -0.3 is 5.11 Å². The first-order valence-electron chi connectivity index (χ1n) is 4.00. The average molecular weight is 179 g/mol. The van der Waals surface area contributed by atoms with Crippen LogP contribution in [0.25, 0.3) is 0 Å². The summed E-state index contributed by atoms with van der Waals surface area (Å²) in [6.07, 6.45) is 0.561. The van der Waals surface area contributed by atoms with Gasteiger partial charge in [-0.2, -0.15) is 0 Å². The maximum Gasteiger partial charge on any atom is 0.372 e. The van der Waals surface area contributed by atoms with E-state index in [1.807, 2.05) is 30.3 Å². The van der Waals surface area contributed by atoms with Crippen molar-refractivity contribution < 1.29 is 14.7 Å². The van der Waals surface area contributed by atoms with Gasteiger partial charge in [0.15, 0.2) is 0 Å². The lowest BCUT2D eigenvalue weighted by molar-refractivity contribution is -0.149. The molecule has 0 aliphatic carbocycles. The second-order valence-corrected chi connectivity index (χ2v) is 2.71. The number of aliphatic carboxylic acids is 1. The van der Waals surface area contributed by atoms with E-state index in [1.165, 1.54) is 0 Å². The number of carbonyl (C=O) groups is 2. The Kier molecular flexibility index (Phi) is 3.20. The normalized spacial score (nSPS) is 9.54. The molecule has 0 aliphatic heterocycles. The lowest BCUT2D eigenvalue weighted by Crippen LogP contribution is -2.12. The Morgan fingerprint density at radius 3 is 2.31 bits per heavy atom. The Bertz CT molecular complexity index is 303. The van der Waals surface area contributed by atoms with Gasteiger partial charge in [0.05, 0.1) is 0 Å². The maximum atomic E-state index is 10.7. The van der Waals surface area contributed by atoms with Crippen LogP contribution < -0.4 is 0 Å². The van der Waals surface area contributed by atoms with Crippen molar-refractivity contribution in [3.05, 3.63) is 35.9 Å². The number of Topliss-reactive ketones (excluding diaryl/α,β-unsaturated/α-hetero) is 1. The quantitative estimate of drug-likeness (QED) is 0.559. The minimum absolute atomic E-state index is 0.0688. The summed E-state index contributed by atoms with van der Waals surface area (Å²) in [7, 11) is 0. The molecule has 0 saturated carbocycles. The van der Waals surface area contributed by atoms with E-state index in [9.17, 15) is 9.59 Å². The summed E-state index contributed by atoms with van der Waals surface area (Å²) < 4.78 is 0. The van der Waals surface area contributed by atoms with Gasteiger partial charge in [-0.3, -0.25) is 4.79 Å².